The number of nitrogens with zero attached hydrogens (tertiary/aromatic N) is 2. The molecular weight excluding hydrogens is 425 g/mol. The second-order valence-electron chi connectivity index (χ2n) is 7.69. The summed E-state index contributed by atoms with van der Waals surface area (Å²) in [5.41, 5.74) is 2.36. The lowest BCUT2D eigenvalue weighted by atomic mass is 9.93. The van der Waals surface area contributed by atoms with Crippen molar-refractivity contribution in [2.24, 2.45) is 0 Å². The molecule has 32 heavy (non-hydrogen) atoms. The third-order valence-electron chi connectivity index (χ3n) is 5.41. The van der Waals surface area contributed by atoms with Crippen molar-refractivity contribution in [3.63, 3.8) is 0 Å². The standard InChI is InChI=1S/C23H19F3N2O4/c24-23(25,26)32-19-7-14(12-27)6-15(8-19)13-31-18-3-4-20-17(9-18)10-21-16(11-22(29)30)2-1-5-28(20)21/h3-4,6-10,16H,1-2,5,11,13H2,(H,29,30)/t16-/m1/s1. The second kappa shape index (κ2) is 8.46. The molecule has 0 amide bonds. The second-order valence-corrected chi connectivity index (χ2v) is 7.69. The number of aryl methyl sites for hydroxylation is 1. The molecule has 0 radical (unpaired) electrons. The maximum atomic E-state index is 12.5. The molecule has 9 heteroatoms. The van der Waals surface area contributed by atoms with Crippen molar-refractivity contribution in [1.29, 1.82) is 5.26 Å². The smallest absolute Gasteiger partial charge is 0.489 e. The summed E-state index contributed by atoms with van der Waals surface area (Å²) < 4.78 is 49.4. The van der Waals surface area contributed by atoms with Gasteiger partial charge in [0.1, 0.15) is 18.1 Å². The highest BCUT2D eigenvalue weighted by atomic mass is 19.4. The number of halogens is 3. The first kappa shape index (κ1) is 21.6. The van der Waals surface area contributed by atoms with Crippen LogP contribution in [0.2, 0.25) is 0 Å². The van der Waals surface area contributed by atoms with Gasteiger partial charge in [0.15, 0.2) is 0 Å². The summed E-state index contributed by atoms with van der Waals surface area (Å²) in [5.74, 6) is -0.837. The Morgan fingerprint density at radius 2 is 2.00 bits per heavy atom. The Kier molecular flexibility index (Phi) is 5.70. The van der Waals surface area contributed by atoms with Crippen LogP contribution < -0.4 is 9.47 Å². The number of fused-ring (bicyclic) bond motifs is 3. The quantitative estimate of drug-likeness (QED) is 0.555. The Balaban J connectivity index is 1.55. The van der Waals surface area contributed by atoms with Crippen molar-refractivity contribution < 1.29 is 32.5 Å². The number of hydrogen-bond acceptors (Lipinski definition) is 4. The van der Waals surface area contributed by atoms with E-state index in [0.717, 1.165) is 42.0 Å². The molecular formula is C23H19F3N2O4. The number of ether oxygens (including phenoxy) is 2. The van der Waals surface area contributed by atoms with E-state index in [4.69, 9.17) is 10.00 Å². The van der Waals surface area contributed by atoms with Gasteiger partial charge in [-0.2, -0.15) is 5.26 Å². The minimum Gasteiger partial charge on any atom is -0.489 e. The zero-order valence-electron chi connectivity index (χ0n) is 16.9. The van der Waals surface area contributed by atoms with Crippen LogP contribution in [-0.2, 0) is 17.9 Å². The van der Waals surface area contributed by atoms with E-state index in [-0.39, 0.29) is 24.5 Å². The van der Waals surface area contributed by atoms with Crippen molar-refractivity contribution >= 4 is 16.9 Å². The molecule has 0 saturated heterocycles. The van der Waals surface area contributed by atoms with Crippen LogP contribution in [0.1, 0.15) is 42.0 Å². The molecule has 3 aromatic rings. The van der Waals surface area contributed by atoms with E-state index in [0.29, 0.717) is 11.3 Å². The summed E-state index contributed by atoms with van der Waals surface area (Å²) in [6.45, 7) is 0.766. The highest BCUT2D eigenvalue weighted by molar-refractivity contribution is 5.83. The zero-order valence-corrected chi connectivity index (χ0v) is 16.9. The minimum absolute atomic E-state index is 0.0328. The fraction of sp³-hybridized carbons (Fsp3) is 0.304. The molecule has 1 atom stereocenters. The van der Waals surface area contributed by atoms with Crippen LogP contribution in [0.25, 0.3) is 10.9 Å². The molecule has 1 N–H and O–H groups in total. The zero-order chi connectivity index (χ0) is 22.9. The van der Waals surface area contributed by atoms with E-state index in [1.54, 1.807) is 6.07 Å². The van der Waals surface area contributed by atoms with Gasteiger partial charge in [-0.05, 0) is 60.9 Å². The van der Waals surface area contributed by atoms with Gasteiger partial charge in [0.05, 0.1) is 18.1 Å². The number of carbonyl (C=O) groups is 1. The summed E-state index contributed by atoms with van der Waals surface area (Å²) in [6, 6.07) is 12.9. The monoisotopic (exact) mass is 444 g/mol. The van der Waals surface area contributed by atoms with E-state index in [1.807, 2.05) is 24.3 Å². The summed E-state index contributed by atoms with van der Waals surface area (Å²) in [6.07, 6.45) is -3.05. The summed E-state index contributed by atoms with van der Waals surface area (Å²) >= 11 is 0. The van der Waals surface area contributed by atoms with Crippen LogP contribution in [0.3, 0.4) is 0 Å². The number of benzene rings is 2. The largest absolute Gasteiger partial charge is 0.573 e. The first-order valence-electron chi connectivity index (χ1n) is 9.99. The van der Waals surface area contributed by atoms with Gasteiger partial charge in [0.2, 0.25) is 0 Å². The lowest BCUT2D eigenvalue weighted by Gasteiger charge is -2.24. The number of aromatic nitrogens is 1. The highest BCUT2D eigenvalue weighted by Gasteiger charge is 2.31. The lowest BCUT2D eigenvalue weighted by molar-refractivity contribution is -0.274. The fourth-order valence-electron chi connectivity index (χ4n) is 4.18. The topological polar surface area (TPSA) is 84.5 Å². The lowest BCUT2D eigenvalue weighted by Crippen LogP contribution is -2.17. The van der Waals surface area contributed by atoms with Crippen molar-refractivity contribution in [1.82, 2.24) is 4.57 Å². The predicted molar refractivity (Wildman–Crippen MR) is 108 cm³/mol. The van der Waals surface area contributed by atoms with Gasteiger partial charge in [-0.15, -0.1) is 13.2 Å². The van der Waals surface area contributed by atoms with Crippen molar-refractivity contribution in [2.45, 2.75) is 44.7 Å². The van der Waals surface area contributed by atoms with Crippen LogP contribution in [0.4, 0.5) is 13.2 Å². The summed E-state index contributed by atoms with van der Waals surface area (Å²) in [4.78, 5) is 11.2. The third kappa shape index (κ3) is 4.80. The van der Waals surface area contributed by atoms with E-state index in [2.05, 4.69) is 9.30 Å². The number of nitriles is 1. The predicted octanol–water partition coefficient (Wildman–Crippen LogP) is 5.34. The van der Waals surface area contributed by atoms with Gasteiger partial charge < -0.3 is 19.1 Å². The van der Waals surface area contributed by atoms with E-state index < -0.39 is 18.1 Å². The maximum absolute atomic E-state index is 12.5. The van der Waals surface area contributed by atoms with Gasteiger partial charge >= 0.3 is 12.3 Å². The number of carboxylic acid groups (broad SMARTS) is 1. The fourth-order valence-corrected chi connectivity index (χ4v) is 4.18. The van der Waals surface area contributed by atoms with E-state index in [1.165, 1.54) is 12.1 Å². The van der Waals surface area contributed by atoms with Gasteiger partial charge in [-0.1, -0.05) is 0 Å². The SMILES string of the molecule is N#Cc1cc(COc2ccc3c(c2)cc2n3CCC[C@@H]2CC(=O)O)cc(OC(F)(F)F)c1. The first-order valence-corrected chi connectivity index (χ1v) is 9.99. The van der Waals surface area contributed by atoms with Crippen LogP contribution in [0.5, 0.6) is 11.5 Å². The third-order valence-corrected chi connectivity index (χ3v) is 5.41. The summed E-state index contributed by atoms with van der Waals surface area (Å²) in [5, 5.41) is 19.2. The first-order chi connectivity index (χ1) is 15.2. The van der Waals surface area contributed by atoms with Crippen LogP contribution in [0, 0.1) is 11.3 Å². The average molecular weight is 444 g/mol. The Bertz CT molecular complexity index is 1210. The highest BCUT2D eigenvalue weighted by Crippen LogP contribution is 2.36. The van der Waals surface area contributed by atoms with Gasteiger partial charge in [-0.3, -0.25) is 4.79 Å². The minimum atomic E-state index is -4.86. The molecule has 0 unspecified atom stereocenters. The van der Waals surface area contributed by atoms with Crippen LogP contribution >= 0.6 is 0 Å². The summed E-state index contributed by atoms with van der Waals surface area (Å²) in [7, 11) is 0. The van der Waals surface area contributed by atoms with Gasteiger partial charge in [0, 0.05) is 29.1 Å². The van der Waals surface area contributed by atoms with Gasteiger partial charge in [-0.25, -0.2) is 0 Å². The molecule has 2 heterocycles. The molecule has 0 bridgehead atoms. The molecule has 4 rings (SSSR count). The average Bonchev–Trinajstić information content (AvgIpc) is 3.09. The molecule has 1 aliphatic rings. The number of rotatable bonds is 6. The molecule has 1 aliphatic heterocycles. The molecule has 0 saturated carbocycles. The van der Waals surface area contributed by atoms with Crippen molar-refractivity contribution in [2.75, 3.05) is 0 Å². The molecule has 0 spiro atoms. The molecule has 1 aromatic heterocycles. The number of aliphatic carboxylic acids is 1. The molecule has 6 nitrogen and oxygen atoms in total. The van der Waals surface area contributed by atoms with E-state index >= 15 is 0 Å². The van der Waals surface area contributed by atoms with E-state index in [9.17, 15) is 23.1 Å². The molecule has 2 aromatic carbocycles. The Hall–Kier alpha value is -3.67. The van der Waals surface area contributed by atoms with Crippen molar-refractivity contribution in [3.8, 4) is 17.6 Å². The van der Waals surface area contributed by atoms with Crippen LogP contribution in [-0.4, -0.2) is 22.0 Å². The molecule has 0 aliphatic carbocycles. The van der Waals surface area contributed by atoms with Gasteiger partial charge in [0.25, 0.3) is 0 Å². The number of hydrogen-bond donors (Lipinski definition) is 1. The number of alkyl halides is 3. The molecule has 166 valence electrons. The molecule has 0 fully saturated rings. The Morgan fingerprint density at radius 3 is 2.72 bits per heavy atom. The Morgan fingerprint density at radius 1 is 1.19 bits per heavy atom. The normalized spacial score (nSPS) is 15.8. The number of carboxylic acids is 1. The van der Waals surface area contributed by atoms with Crippen molar-refractivity contribution in [3.05, 3.63) is 59.3 Å². The Labute approximate surface area is 181 Å². The maximum Gasteiger partial charge on any atom is 0.573 e. The van der Waals surface area contributed by atoms with Crippen LogP contribution in [0.15, 0.2) is 42.5 Å².